The molecule has 1 aliphatic heterocycles. The second-order valence-electron chi connectivity index (χ2n) is 10.0. The number of ether oxygens (including phenoxy) is 2. The third-order valence-electron chi connectivity index (χ3n) is 7.61. The number of nitrogens with two attached hydrogens (primary N) is 1. The zero-order chi connectivity index (χ0) is 27.9. The average molecular weight is 542 g/mol. The average Bonchev–Trinajstić information content (AvgIpc) is 3.43. The van der Waals surface area contributed by atoms with Crippen molar-refractivity contribution in [2.45, 2.75) is 19.3 Å². The van der Waals surface area contributed by atoms with E-state index in [2.05, 4.69) is 45.1 Å². The number of benzene rings is 3. The highest BCUT2D eigenvalue weighted by atomic mass is 16.5. The first-order valence-electron chi connectivity index (χ1n) is 13.9. The van der Waals surface area contributed by atoms with Crippen LogP contribution in [0.4, 0.5) is 17.3 Å². The van der Waals surface area contributed by atoms with Crippen LogP contribution in [0.5, 0.6) is 11.5 Å². The van der Waals surface area contributed by atoms with Gasteiger partial charge in [0.2, 0.25) is 11.8 Å². The number of aryl methyl sites for hydroxylation is 1. The van der Waals surface area contributed by atoms with Crippen LogP contribution in [-0.4, -0.2) is 64.9 Å². The second-order valence-corrected chi connectivity index (χ2v) is 10.0. The Kier molecular flexibility index (Phi) is 8.76. The molecule has 0 saturated carbocycles. The van der Waals surface area contributed by atoms with Crippen molar-refractivity contribution >= 4 is 34.0 Å². The normalized spacial score (nSPS) is 14.5. The van der Waals surface area contributed by atoms with Gasteiger partial charge in [0.25, 0.3) is 0 Å². The summed E-state index contributed by atoms with van der Waals surface area (Å²) in [4.78, 5) is 11.1. The number of nitrogens with zero attached hydrogens (tertiary/aromatic N) is 4. The van der Waals surface area contributed by atoms with Crippen molar-refractivity contribution < 1.29 is 13.9 Å². The third-order valence-corrected chi connectivity index (χ3v) is 7.61. The molecule has 0 atom stereocenters. The van der Waals surface area contributed by atoms with E-state index in [9.17, 15) is 0 Å². The molecule has 8 heteroatoms. The molecule has 0 bridgehead atoms. The van der Waals surface area contributed by atoms with Gasteiger partial charge in [-0.25, -0.2) is 4.90 Å². The highest BCUT2D eigenvalue weighted by Crippen LogP contribution is 2.39. The Morgan fingerprint density at radius 3 is 2.55 bits per heavy atom. The predicted octanol–water partition coefficient (Wildman–Crippen LogP) is 5.68. The second kappa shape index (κ2) is 12.8. The topological polar surface area (TPSA) is 79.7 Å². The van der Waals surface area contributed by atoms with E-state index in [1.54, 1.807) is 27.5 Å². The van der Waals surface area contributed by atoms with E-state index in [1.165, 1.54) is 11.3 Å². The molecular formula is C32H39N5O3. The molecule has 0 spiro atoms. The molecule has 4 aromatic rings. The maximum atomic E-state index is 6.42. The Morgan fingerprint density at radius 1 is 0.950 bits per heavy atom. The minimum absolute atomic E-state index is 0.337. The minimum Gasteiger partial charge on any atom is -0.497 e. The van der Waals surface area contributed by atoms with E-state index >= 15 is 0 Å². The lowest BCUT2D eigenvalue weighted by Crippen LogP contribution is -2.46. The molecule has 1 saturated heterocycles. The van der Waals surface area contributed by atoms with E-state index in [-0.39, 0.29) is 0 Å². The molecule has 210 valence electrons. The monoisotopic (exact) mass is 541 g/mol. The number of hydrogen-bond acceptors (Lipinski definition) is 6. The van der Waals surface area contributed by atoms with Gasteiger partial charge < -0.3 is 24.5 Å². The van der Waals surface area contributed by atoms with Gasteiger partial charge >= 0.3 is 0 Å². The number of furan rings is 1. The summed E-state index contributed by atoms with van der Waals surface area (Å²) in [5.74, 6) is 2.59. The lowest BCUT2D eigenvalue weighted by molar-refractivity contribution is 0.253. The summed E-state index contributed by atoms with van der Waals surface area (Å²) in [5.41, 5.74) is 9.69. The van der Waals surface area contributed by atoms with Crippen LogP contribution >= 0.6 is 0 Å². The summed E-state index contributed by atoms with van der Waals surface area (Å²) in [6.45, 7) is 5.32. The third kappa shape index (κ3) is 6.02. The summed E-state index contributed by atoms with van der Waals surface area (Å²) < 4.78 is 17.1. The van der Waals surface area contributed by atoms with Crippen LogP contribution in [-0.2, 0) is 6.42 Å². The molecule has 1 aromatic heterocycles. The lowest BCUT2D eigenvalue weighted by Gasteiger charge is -2.36. The van der Waals surface area contributed by atoms with Crippen LogP contribution < -0.4 is 25.0 Å². The Morgan fingerprint density at radius 2 is 1.77 bits per heavy atom. The van der Waals surface area contributed by atoms with Gasteiger partial charge in [-0.1, -0.05) is 30.3 Å². The van der Waals surface area contributed by atoms with E-state index in [4.69, 9.17) is 19.6 Å². The Bertz CT molecular complexity index is 1440. The Balaban J connectivity index is 1.21. The minimum atomic E-state index is 0.337. The van der Waals surface area contributed by atoms with Crippen molar-refractivity contribution in [1.82, 2.24) is 4.90 Å². The van der Waals surface area contributed by atoms with Crippen molar-refractivity contribution in [2.24, 2.45) is 10.7 Å². The summed E-state index contributed by atoms with van der Waals surface area (Å²) in [7, 11) is 5.07. The quantitative estimate of drug-likeness (QED) is 0.157. The molecule has 0 aliphatic carbocycles. The zero-order valence-electron chi connectivity index (χ0n) is 23.7. The van der Waals surface area contributed by atoms with Crippen LogP contribution in [0, 0.1) is 0 Å². The van der Waals surface area contributed by atoms with Gasteiger partial charge in [0.15, 0.2) is 0 Å². The molecule has 0 radical (unpaired) electrons. The molecule has 2 heterocycles. The number of rotatable bonds is 10. The van der Waals surface area contributed by atoms with Crippen LogP contribution in [0.2, 0.25) is 0 Å². The molecule has 8 nitrogen and oxygen atoms in total. The van der Waals surface area contributed by atoms with Crippen molar-refractivity contribution in [3.05, 3.63) is 78.6 Å². The van der Waals surface area contributed by atoms with Gasteiger partial charge in [-0.05, 0) is 61.7 Å². The van der Waals surface area contributed by atoms with Crippen LogP contribution in [0.15, 0.2) is 82.4 Å². The SMILES string of the molecule is CN=C(N)N(c1cc(CCCCN2CCN(c3cccc(OC)c3)CC2)ccc1OC)c1occ2ccccc12. The zero-order valence-corrected chi connectivity index (χ0v) is 23.7. The van der Waals surface area contributed by atoms with Gasteiger partial charge in [-0.3, -0.25) is 9.89 Å². The fraction of sp³-hybridized carbons (Fsp3) is 0.344. The fourth-order valence-corrected chi connectivity index (χ4v) is 5.35. The number of unbranched alkanes of at least 4 members (excludes halogenated alkanes) is 1. The maximum absolute atomic E-state index is 6.42. The first kappa shape index (κ1) is 27.4. The molecule has 0 unspecified atom stereocenters. The number of guanidine groups is 1. The van der Waals surface area contributed by atoms with Gasteiger partial charge in [0.05, 0.1) is 19.9 Å². The van der Waals surface area contributed by atoms with Crippen LogP contribution in [0.25, 0.3) is 10.8 Å². The molecular weight excluding hydrogens is 502 g/mol. The molecule has 1 aliphatic rings. The fourth-order valence-electron chi connectivity index (χ4n) is 5.35. The summed E-state index contributed by atoms with van der Waals surface area (Å²) in [5, 5.41) is 1.97. The number of anilines is 3. The lowest BCUT2D eigenvalue weighted by atomic mass is 10.1. The standard InChI is InChI=1S/C32H39N5O3/c1-34-32(33)37(31-28-13-5-4-10-25(28)23-40-31)29-21-24(14-15-30(29)39-3)9-6-7-16-35-17-19-36(20-18-35)26-11-8-12-27(22-26)38-2/h4-5,8,10-15,21-23H,6-7,9,16-20H2,1-3H3,(H2,33,34). The Labute approximate surface area is 236 Å². The van der Waals surface area contributed by atoms with Gasteiger partial charge in [0, 0.05) is 55.8 Å². The molecule has 0 amide bonds. The molecule has 1 fully saturated rings. The van der Waals surface area contributed by atoms with Crippen molar-refractivity contribution in [3.8, 4) is 11.5 Å². The van der Waals surface area contributed by atoms with Crippen LogP contribution in [0.1, 0.15) is 18.4 Å². The number of piperazine rings is 1. The Hall–Kier alpha value is -4.17. The first-order valence-corrected chi connectivity index (χ1v) is 13.9. The van der Waals surface area contributed by atoms with Gasteiger partial charge in [0.1, 0.15) is 17.8 Å². The number of fused-ring (bicyclic) bond motifs is 1. The van der Waals surface area contributed by atoms with Crippen molar-refractivity contribution in [2.75, 3.05) is 63.8 Å². The van der Waals surface area contributed by atoms with E-state index in [0.29, 0.717) is 17.6 Å². The summed E-state index contributed by atoms with van der Waals surface area (Å²) >= 11 is 0. The number of aliphatic imine (C=N–C) groups is 1. The molecule has 2 N–H and O–H groups in total. The summed E-state index contributed by atoms with van der Waals surface area (Å²) in [6.07, 6.45) is 4.96. The molecule has 5 rings (SSSR count). The number of methoxy groups -OCH3 is 2. The summed E-state index contributed by atoms with van der Waals surface area (Å²) in [6, 6.07) is 22.6. The van der Waals surface area contributed by atoms with Gasteiger partial charge in [-0.15, -0.1) is 0 Å². The van der Waals surface area contributed by atoms with E-state index < -0.39 is 0 Å². The van der Waals surface area contributed by atoms with Crippen molar-refractivity contribution in [1.29, 1.82) is 0 Å². The maximum Gasteiger partial charge on any atom is 0.214 e. The number of hydrogen-bond donors (Lipinski definition) is 1. The van der Waals surface area contributed by atoms with E-state index in [1.807, 2.05) is 41.3 Å². The predicted molar refractivity (Wildman–Crippen MR) is 163 cm³/mol. The molecule has 3 aromatic carbocycles. The highest BCUT2D eigenvalue weighted by molar-refractivity contribution is 6.08. The van der Waals surface area contributed by atoms with E-state index in [0.717, 1.165) is 74.2 Å². The smallest absolute Gasteiger partial charge is 0.214 e. The highest BCUT2D eigenvalue weighted by Gasteiger charge is 2.23. The van der Waals surface area contributed by atoms with Crippen molar-refractivity contribution in [3.63, 3.8) is 0 Å². The first-order chi connectivity index (χ1) is 19.6. The van der Waals surface area contributed by atoms with Crippen LogP contribution in [0.3, 0.4) is 0 Å². The molecule has 40 heavy (non-hydrogen) atoms. The largest absolute Gasteiger partial charge is 0.497 e. The van der Waals surface area contributed by atoms with Gasteiger partial charge in [-0.2, -0.15) is 0 Å².